The molecule has 0 aliphatic heterocycles. The second-order valence-electron chi connectivity index (χ2n) is 4.19. The number of halogens is 3. The van der Waals surface area contributed by atoms with E-state index in [0.29, 0.717) is 5.02 Å². The number of rotatable bonds is 4. The van der Waals surface area contributed by atoms with Gasteiger partial charge in [0.2, 0.25) is 0 Å². The summed E-state index contributed by atoms with van der Waals surface area (Å²) in [5.74, 6) is -0.558. The van der Waals surface area contributed by atoms with E-state index in [2.05, 4.69) is 4.72 Å². The molecule has 0 amide bonds. The highest BCUT2D eigenvalue weighted by Gasteiger charge is 2.17. The van der Waals surface area contributed by atoms with E-state index in [1.54, 1.807) is 0 Å². The van der Waals surface area contributed by atoms with Gasteiger partial charge in [-0.05, 0) is 36.4 Å². The van der Waals surface area contributed by atoms with Crippen LogP contribution >= 0.6 is 23.2 Å². The van der Waals surface area contributed by atoms with Gasteiger partial charge in [0.15, 0.2) is 0 Å². The van der Waals surface area contributed by atoms with E-state index >= 15 is 0 Å². The fourth-order valence-electron chi connectivity index (χ4n) is 1.65. The average molecular weight is 349 g/mol. The van der Waals surface area contributed by atoms with E-state index in [0.717, 1.165) is 12.1 Å². The summed E-state index contributed by atoms with van der Waals surface area (Å²) in [7, 11) is -3.92. The lowest BCUT2D eigenvalue weighted by Gasteiger charge is -2.11. The van der Waals surface area contributed by atoms with Gasteiger partial charge in [0.1, 0.15) is 5.82 Å². The van der Waals surface area contributed by atoms with E-state index < -0.39 is 15.8 Å². The van der Waals surface area contributed by atoms with Crippen molar-refractivity contribution >= 4 is 38.9 Å². The van der Waals surface area contributed by atoms with Gasteiger partial charge >= 0.3 is 0 Å². The maximum atomic E-state index is 13.4. The lowest BCUT2D eigenvalue weighted by atomic mass is 10.2. The Bertz CT molecular complexity index is 782. The first kappa shape index (κ1) is 16.0. The van der Waals surface area contributed by atoms with Gasteiger partial charge in [0.25, 0.3) is 10.0 Å². The van der Waals surface area contributed by atoms with Crippen LogP contribution in [0, 0.1) is 5.82 Å². The summed E-state index contributed by atoms with van der Waals surface area (Å²) in [6.45, 7) is -0.104. The van der Waals surface area contributed by atoms with Crippen molar-refractivity contribution < 1.29 is 12.8 Å². The predicted octanol–water partition coefficient (Wildman–Crippen LogP) is 3.39. The van der Waals surface area contributed by atoms with Crippen molar-refractivity contribution in [2.45, 2.75) is 11.4 Å². The number of benzene rings is 2. The van der Waals surface area contributed by atoms with Gasteiger partial charge in [0.05, 0.1) is 15.6 Å². The van der Waals surface area contributed by atoms with Crippen molar-refractivity contribution in [3.63, 3.8) is 0 Å². The van der Waals surface area contributed by atoms with Gasteiger partial charge < -0.3 is 5.73 Å². The molecule has 0 saturated heterocycles. The molecule has 0 unspecified atom stereocenters. The smallest absolute Gasteiger partial charge is 0.261 e. The summed E-state index contributed by atoms with van der Waals surface area (Å²) >= 11 is 11.7. The topological polar surface area (TPSA) is 72.2 Å². The van der Waals surface area contributed by atoms with Crippen LogP contribution in [0.1, 0.15) is 5.56 Å². The molecule has 0 saturated carbocycles. The molecule has 0 bridgehead atoms. The summed E-state index contributed by atoms with van der Waals surface area (Å²) in [6, 6.07) is 7.76. The van der Waals surface area contributed by atoms with Crippen LogP contribution in [0.2, 0.25) is 10.0 Å². The van der Waals surface area contributed by atoms with Crippen LogP contribution < -0.4 is 10.5 Å². The van der Waals surface area contributed by atoms with Crippen molar-refractivity contribution in [3.8, 4) is 0 Å². The maximum absolute atomic E-state index is 13.4. The molecule has 0 spiro atoms. The standard InChI is InChI=1S/C13H11Cl2FN2O2S/c14-9-1-3-11(15)13(6-9)18-21(19,20)10-2-4-12(16)8(5-10)7-17/h1-6,18H,7,17H2. The highest BCUT2D eigenvalue weighted by Crippen LogP contribution is 2.28. The third-order valence-electron chi connectivity index (χ3n) is 2.72. The van der Waals surface area contributed by atoms with Gasteiger partial charge in [-0.2, -0.15) is 0 Å². The fraction of sp³-hybridized carbons (Fsp3) is 0.0769. The summed E-state index contributed by atoms with van der Waals surface area (Å²) in [6.07, 6.45) is 0. The number of sulfonamides is 1. The molecule has 112 valence electrons. The third kappa shape index (κ3) is 3.65. The van der Waals surface area contributed by atoms with E-state index in [1.807, 2.05) is 0 Å². The Morgan fingerprint density at radius 3 is 2.52 bits per heavy atom. The Morgan fingerprint density at radius 2 is 1.86 bits per heavy atom. The second-order valence-corrected chi connectivity index (χ2v) is 6.71. The minimum absolute atomic E-state index is 0.104. The third-order valence-corrected chi connectivity index (χ3v) is 4.65. The minimum Gasteiger partial charge on any atom is -0.326 e. The van der Waals surface area contributed by atoms with Crippen molar-refractivity contribution in [3.05, 3.63) is 57.8 Å². The summed E-state index contributed by atoms with van der Waals surface area (Å²) in [4.78, 5) is -0.111. The molecule has 2 aromatic carbocycles. The normalized spacial score (nSPS) is 11.4. The molecule has 0 aromatic heterocycles. The Morgan fingerprint density at radius 1 is 1.14 bits per heavy atom. The van der Waals surface area contributed by atoms with Gasteiger partial charge in [-0.25, -0.2) is 12.8 Å². The van der Waals surface area contributed by atoms with Crippen LogP contribution in [-0.4, -0.2) is 8.42 Å². The van der Waals surface area contributed by atoms with Crippen LogP contribution in [0.4, 0.5) is 10.1 Å². The number of nitrogens with one attached hydrogen (secondary N) is 1. The molecule has 2 aromatic rings. The summed E-state index contributed by atoms with van der Waals surface area (Å²) in [5.41, 5.74) is 5.61. The Hall–Kier alpha value is -1.34. The number of hydrogen-bond acceptors (Lipinski definition) is 3. The van der Waals surface area contributed by atoms with Crippen molar-refractivity contribution in [1.82, 2.24) is 0 Å². The Kier molecular flexibility index (Phi) is 4.73. The first-order valence-corrected chi connectivity index (χ1v) is 8.04. The molecule has 0 fully saturated rings. The molecule has 21 heavy (non-hydrogen) atoms. The molecule has 0 aliphatic rings. The van der Waals surface area contributed by atoms with Crippen LogP contribution in [0.15, 0.2) is 41.3 Å². The summed E-state index contributed by atoms with van der Waals surface area (Å²) in [5, 5.41) is 0.531. The predicted molar refractivity (Wildman–Crippen MR) is 81.6 cm³/mol. The van der Waals surface area contributed by atoms with Gasteiger partial charge in [-0.15, -0.1) is 0 Å². The van der Waals surface area contributed by atoms with Crippen molar-refractivity contribution in [2.75, 3.05) is 4.72 Å². The highest BCUT2D eigenvalue weighted by molar-refractivity contribution is 7.92. The molecular formula is C13H11Cl2FN2O2S. The molecule has 0 atom stereocenters. The molecule has 2 rings (SSSR count). The first-order valence-electron chi connectivity index (χ1n) is 5.80. The SMILES string of the molecule is NCc1cc(S(=O)(=O)Nc2cc(Cl)ccc2Cl)ccc1F. The van der Waals surface area contributed by atoms with Crippen LogP contribution in [0.3, 0.4) is 0 Å². The zero-order valence-corrected chi connectivity index (χ0v) is 12.9. The molecule has 4 nitrogen and oxygen atoms in total. The van der Waals surface area contributed by atoms with Gasteiger partial charge in [-0.1, -0.05) is 23.2 Å². The second kappa shape index (κ2) is 6.19. The minimum atomic E-state index is -3.92. The van der Waals surface area contributed by atoms with Crippen LogP contribution in [-0.2, 0) is 16.6 Å². The lowest BCUT2D eigenvalue weighted by molar-refractivity contribution is 0.596. The molecule has 0 heterocycles. The molecule has 0 aliphatic carbocycles. The first-order chi connectivity index (χ1) is 9.83. The van der Waals surface area contributed by atoms with E-state index in [1.165, 1.54) is 24.3 Å². The Labute approximate surface area is 131 Å². The summed E-state index contributed by atoms with van der Waals surface area (Å²) < 4.78 is 40.2. The zero-order chi connectivity index (χ0) is 15.6. The quantitative estimate of drug-likeness (QED) is 0.889. The molecular weight excluding hydrogens is 338 g/mol. The zero-order valence-electron chi connectivity index (χ0n) is 10.6. The van der Waals surface area contributed by atoms with Gasteiger partial charge in [-0.3, -0.25) is 4.72 Å². The molecule has 8 heteroatoms. The number of nitrogens with two attached hydrogens (primary N) is 1. The fourth-order valence-corrected chi connectivity index (χ4v) is 3.17. The van der Waals surface area contributed by atoms with Crippen LogP contribution in [0.5, 0.6) is 0 Å². The van der Waals surface area contributed by atoms with E-state index in [-0.39, 0.29) is 27.7 Å². The van der Waals surface area contributed by atoms with Gasteiger partial charge in [0, 0.05) is 17.1 Å². The van der Waals surface area contributed by atoms with Crippen LogP contribution in [0.25, 0.3) is 0 Å². The monoisotopic (exact) mass is 348 g/mol. The Balaban J connectivity index is 2.41. The largest absolute Gasteiger partial charge is 0.326 e. The number of anilines is 1. The number of hydrogen-bond donors (Lipinski definition) is 2. The van der Waals surface area contributed by atoms with E-state index in [4.69, 9.17) is 28.9 Å². The van der Waals surface area contributed by atoms with Crippen molar-refractivity contribution in [1.29, 1.82) is 0 Å². The molecule has 3 N–H and O–H groups in total. The maximum Gasteiger partial charge on any atom is 0.261 e. The lowest BCUT2D eigenvalue weighted by Crippen LogP contribution is -2.14. The highest BCUT2D eigenvalue weighted by atomic mass is 35.5. The van der Waals surface area contributed by atoms with E-state index in [9.17, 15) is 12.8 Å². The average Bonchev–Trinajstić information content (AvgIpc) is 2.43. The molecule has 0 radical (unpaired) electrons. The van der Waals surface area contributed by atoms with Crippen molar-refractivity contribution in [2.24, 2.45) is 5.73 Å².